The topological polar surface area (TPSA) is 355 Å². The summed E-state index contributed by atoms with van der Waals surface area (Å²) in [4.78, 5) is 109. The molecule has 4 bridgehead atoms. The van der Waals surface area contributed by atoms with Gasteiger partial charge >= 0.3 is 17.9 Å². The molecule has 10 aliphatic carbocycles. The van der Waals surface area contributed by atoms with Gasteiger partial charge in [0.25, 0.3) is 10.0 Å². The number of rotatable bonds is 17. The highest BCUT2D eigenvalue weighted by Gasteiger charge is 2.72. The van der Waals surface area contributed by atoms with Crippen LogP contribution in [0.3, 0.4) is 0 Å². The molecule has 4 heterocycles. The van der Waals surface area contributed by atoms with Crippen LogP contribution in [0.5, 0.6) is 0 Å². The van der Waals surface area contributed by atoms with E-state index in [1.807, 2.05) is 99.7 Å². The van der Waals surface area contributed by atoms with Gasteiger partial charge in [-0.25, -0.2) is 17.5 Å². The van der Waals surface area contributed by atoms with Crippen LogP contribution in [0, 0.1) is 46.3 Å². The number of carbonyl (C=O) groups excluding carboxylic acids is 8. The Morgan fingerprint density at radius 2 is 1.08 bits per heavy atom. The fourth-order valence-electron chi connectivity index (χ4n) is 20.7. The highest BCUT2D eigenvalue weighted by molar-refractivity contribution is 9.09. The van der Waals surface area contributed by atoms with Crippen molar-refractivity contribution in [2.45, 2.75) is 190 Å². The van der Waals surface area contributed by atoms with E-state index in [0.29, 0.717) is 54.0 Å². The van der Waals surface area contributed by atoms with Crippen molar-refractivity contribution in [3.05, 3.63) is 226 Å². The van der Waals surface area contributed by atoms with Crippen molar-refractivity contribution in [1.29, 1.82) is 0 Å². The van der Waals surface area contributed by atoms with E-state index in [-0.39, 0.29) is 89.4 Å². The first-order chi connectivity index (χ1) is 59.8. The molecule has 16 atom stereocenters. The summed E-state index contributed by atoms with van der Waals surface area (Å²) in [5.41, 5.74) is 19.8. The zero-order valence-corrected chi connectivity index (χ0v) is 76.3. The monoisotopic (exact) mass is 1800 g/mol. The number of hydrogen-bond donors (Lipinski definition) is 6. The van der Waals surface area contributed by atoms with Crippen LogP contribution in [0.4, 0.5) is 5.69 Å². The molecule has 0 aromatic heterocycles. The number of nitrogens with zero attached hydrogens (tertiary/aromatic N) is 6. The van der Waals surface area contributed by atoms with Crippen molar-refractivity contribution >= 4 is 113 Å². The van der Waals surface area contributed by atoms with E-state index in [4.69, 9.17) is 19.9 Å². The van der Waals surface area contributed by atoms with Crippen molar-refractivity contribution < 1.29 is 81.4 Å². The Hall–Kier alpha value is -10.4. The summed E-state index contributed by atoms with van der Waals surface area (Å²) in [7, 11) is -0.929. The number of nitrogens with one attached hydrogen (secondary N) is 1. The number of aliphatic imine (C=N–C) groups is 2. The number of benzene rings is 6. The molecule has 14 aliphatic rings. The van der Waals surface area contributed by atoms with Crippen LogP contribution in [0.25, 0.3) is 22.3 Å². The number of amides is 4. The molecule has 3 saturated heterocycles. The molecule has 27 heteroatoms. The molecule has 4 amide bonds. The second-order valence-electron chi connectivity index (χ2n) is 36.1. The molecule has 0 unspecified atom stereocenters. The first-order valence-electron chi connectivity index (χ1n) is 43.5. The Kier molecular flexibility index (Phi) is 27.8. The van der Waals surface area contributed by atoms with E-state index in [0.717, 1.165) is 94.7 Å². The zero-order valence-electron chi connectivity index (χ0n) is 73.9. The van der Waals surface area contributed by atoms with E-state index in [1.165, 1.54) is 61.7 Å². The summed E-state index contributed by atoms with van der Waals surface area (Å²) in [5.74, 6) is -0.783. The molecular weight excluding hydrogens is 1690 g/mol. The average Bonchev–Trinajstić information content (AvgIpc) is 1.50. The fourth-order valence-corrected chi connectivity index (χ4v) is 23.5. The molecule has 20 rings (SSSR count). The van der Waals surface area contributed by atoms with Gasteiger partial charge in [-0.05, 0) is 200 Å². The molecule has 6 aromatic carbocycles. The summed E-state index contributed by atoms with van der Waals surface area (Å²) in [5, 5.41) is 47.2. The third-order valence-electron chi connectivity index (χ3n) is 28.1. The fraction of sp³-hybridized carbons (Fsp3) is 0.455. The first-order valence-corrected chi connectivity index (χ1v) is 45.8. The predicted octanol–water partition coefficient (Wildman–Crippen LogP) is 11.0. The number of fused-ring (bicyclic) bond motifs is 13. The number of alkyl halides is 1. The Morgan fingerprint density at radius 1 is 0.611 bits per heavy atom. The molecule has 7 N–H and O–H groups in total. The van der Waals surface area contributed by atoms with Crippen LogP contribution in [0.1, 0.15) is 152 Å². The number of para-hydroxylation sites is 1. The summed E-state index contributed by atoms with van der Waals surface area (Å²) < 4.78 is 42.3. The van der Waals surface area contributed by atoms with Crippen LogP contribution in [0.2, 0.25) is 0 Å². The van der Waals surface area contributed by atoms with Gasteiger partial charge in [0.15, 0.2) is 6.04 Å². The molecular formula is C99H117BrN8O17S. The number of aliphatic hydroxyl groups is 4. The number of carbonyl (C=O) groups is 8. The van der Waals surface area contributed by atoms with Gasteiger partial charge in [0.1, 0.15) is 64.9 Å². The maximum Gasteiger partial charge on any atom is 0.333 e. The third kappa shape index (κ3) is 17.5. The molecule has 25 nitrogen and oxygen atoms in total. The minimum absolute atomic E-state index is 0.0117. The van der Waals surface area contributed by atoms with Gasteiger partial charge in [0, 0.05) is 48.5 Å². The summed E-state index contributed by atoms with van der Waals surface area (Å²) in [6.07, 6.45) is 12.6. The standard InChI is InChI=1S/C24H31NO4.C20H18BrN3O5S.C16H18N2O2.C15H19NO2.C14H23NO3.C10H8O/c1-5-29-22(27)20(21(26)17-11-10-14-8-6-7-9-16(14)17)25-19-13-15-12-18(23(15,2)3)24(19,4)28;1-22-11-15(25)23-16(18(22)27)17(26)20(21)13-9-5-6-10-14(13)24(19(20)23)30(28,29)12-7-3-2-4-8-12;1-10(15-16(20)18(2)9-14(19)17-15)12-8-7-11-5-3-4-6-13(11)12;1-3-18-15(17)14(16)10(2)12-9-8-11-6-4-5-7-13(11)12;1-5-18-12(16)8-15-11-7-9-6-10(13(9,2)3)14(11,4)17;11-7-9-6-5-8-3-1-2-4-10(8)9/h6-9,11,15,18,20-21,26,28H,5,10,12-13H2,1-4H3;2-10,16-17,19,26H,11H2,1H3;3-6,8,10,15H,7,9H2,1-2H3,(H,17,19);4-7,9-10,14H,3,8,16H2,1-2H3;9-10,17H,5-8H2,1-4H3;1-4,6-7H,5H2/t15-,18-,20-,21-,24-;16-,17+,19-,20+;10-,15-;10-,14-;9-,10-,14-;/m00000./s1. The van der Waals surface area contributed by atoms with Gasteiger partial charge in [0.05, 0.1) is 43.5 Å². The second-order valence-corrected chi connectivity index (χ2v) is 39.2. The number of allylic oxidation sites excluding steroid dienone is 5. The van der Waals surface area contributed by atoms with Crippen molar-refractivity contribution in [3.63, 3.8) is 0 Å². The van der Waals surface area contributed by atoms with Gasteiger partial charge in [-0.15, -0.1) is 0 Å². The second kappa shape index (κ2) is 37.5. The molecule has 6 saturated carbocycles. The Bertz CT molecular complexity index is 5520. The molecule has 4 aliphatic heterocycles. The van der Waals surface area contributed by atoms with Crippen LogP contribution in [-0.2, 0) is 92.6 Å². The van der Waals surface area contributed by atoms with E-state index in [9.17, 15) is 67.2 Å². The maximum absolute atomic E-state index is 13.7. The average molecular weight is 1800 g/mol. The van der Waals surface area contributed by atoms with Gasteiger partial charge in [0.2, 0.25) is 23.6 Å². The smallest absolute Gasteiger partial charge is 0.333 e. The molecule has 6 aromatic rings. The van der Waals surface area contributed by atoms with Crippen LogP contribution in [0.15, 0.2) is 191 Å². The predicted molar refractivity (Wildman–Crippen MR) is 486 cm³/mol. The lowest BCUT2D eigenvalue weighted by atomic mass is 9.44. The van der Waals surface area contributed by atoms with Crippen molar-refractivity contribution in [2.75, 3.05) is 57.9 Å². The van der Waals surface area contributed by atoms with E-state index in [2.05, 4.69) is 101 Å². The van der Waals surface area contributed by atoms with Gasteiger partial charge in [-0.1, -0.05) is 215 Å². The summed E-state index contributed by atoms with van der Waals surface area (Å²) in [6, 6.07) is 43.8. The van der Waals surface area contributed by atoms with Crippen molar-refractivity contribution in [3.8, 4) is 0 Å². The molecule has 0 radical (unpaired) electrons. The van der Waals surface area contributed by atoms with Gasteiger partial charge in [-0.3, -0.25) is 43.5 Å². The lowest BCUT2D eigenvalue weighted by molar-refractivity contribution is -0.156. The number of aldehydes is 1. The number of ether oxygens (including phenoxy) is 3. The Balaban J connectivity index is 0.000000133. The normalized spacial score (nSPS) is 27.7. The van der Waals surface area contributed by atoms with E-state index < -0.39 is 85.9 Å². The van der Waals surface area contributed by atoms with Crippen LogP contribution in [-0.4, -0.2) is 210 Å². The number of aliphatic hydroxyl groups excluding tert-OH is 2. The number of esters is 3. The summed E-state index contributed by atoms with van der Waals surface area (Å²) in [6.45, 7) is 22.7. The molecule has 126 heavy (non-hydrogen) atoms. The number of likely N-dealkylation sites (N-methyl/N-ethyl adjacent to an activating group) is 2. The zero-order chi connectivity index (χ0) is 91.0. The number of anilines is 1. The quantitative estimate of drug-likeness (QED) is 0.0214. The number of nitrogens with two attached hydrogens (primary N) is 1. The van der Waals surface area contributed by atoms with Crippen LogP contribution < -0.4 is 15.4 Å². The maximum atomic E-state index is 13.7. The molecule has 668 valence electrons. The minimum Gasteiger partial charge on any atom is -0.465 e. The number of sulfonamides is 1. The third-order valence-corrected chi connectivity index (χ3v) is 31.1. The highest BCUT2D eigenvalue weighted by Crippen LogP contribution is 2.64. The molecule has 9 fully saturated rings. The highest BCUT2D eigenvalue weighted by atomic mass is 79.9. The van der Waals surface area contributed by atoms with E-state index >= 15 is 0 Å². The summed E-state index contributed by atoms with van der Waals surface area (Å²) >= 11 is 3.59. The lowest BCUT2D eigenvalue weighted by Crippen LogP contribution is -2.65. The Labute approximate surface area is 746 Å². The number of piperazine rings is 2. The number of halogens is 1. The van der Waals surface area contributed by atoms with E-state index in [1.54, 1.807) is 77.2 Å². The van der Waals surface area contributed by atoms with Crippen LogP contribution >= 0.6 is 15.9 Å². The minimum atomic E-state index is -4.10. The SMILES string of the molecule is CCOC(=O)CN=C1C[C@@H]2C[C@@H](C2(C)C)[C@]1(C)O.CCOC(=O)[C@@H](N)[C@@H](C)C1=CCc2ccccc21.CCOC(=O)[C@@H](N=C1C[C@@H]2C[C@@H](C2(C)C)[C@]1(C)O)[C@@H](O)C1=CCc2ccccc21.CN1CC(=O)N2[C@H](C1=O)[C@@H](O)[C@]1(Br)c3ccccc3N(S(=O)(=O)c3ccccc3)[C@H]21.C[C@@H](C1=CCc2ccccc21)[C@@H]1NC(=O)CN(C)C1=O.O=CC1=CCc2ccccc21. The van der Waals surface area contributed by atoms with Crippen molar-refractivity contribution in [2.24, 2.45) is 62.1 Å². The van der Waals surface area contributed by atoms with Gasteiger partial charge in [-0.2, -0.15) is 0 Å². The Morgan fingerprint density at radius 3 is 1.63 bits per heavy atom. The van der Waals surface area contributed by atoms with Gasteiger partial charge < -0.3 is 60.4 Å². The first kappa shape index (κ1) is 93.3. The number of hydrogen-bond acceptors (Lipinski definition) is 20. The lowest BCUT2D eigenvalue weighted by Gasteiger charge is -2.62. The molecule has 0 spiro atoms. The van der Waals surface area contributed by atoms with Crippen molar-refractivity contribution in [1.82, 2.24) is 20.0 Å². The largest absolute Gasteiger partial charge is 0.465 e.